The molecular weight excluding hydrogens is 390 g/mol. The van der Waals surface area contributed by atoms with E-state index < -0.39 is 18.3 Å². The third-order valence-corrected chi connectivity index (χ3v) is 5.13. The number of alkyl halides is 2. The molecule has 4 heterocycles. The number of aliphatic hydroxyl groups is 1. The van der Waals surface area contributed by atoms with Crippen LogP contribution >= 0.6 is 11.3 Å². The van der Waals surface area contributed by atoms with Crippen LogP contribution in [0.25, 0.3) is 21.8 Å². The fraction of sp³-hybridized carbons (Fsp3) is 0.167. The molecule has 0 spiro atoms. The van der Waals surface area contributed by atoms with Crippen molar-refractivity contribution in [3.8, 4) is 17.3 Å². The first-order valence-electron chi connectivity index (χ1n) is 8.10. The molecule has 0 saturated heterocycles. The third-order valence-electron chi connectivity index (χ3n) is 4.05. The van der Waals surface area contributed by atoms with Crippen LogP contribution in [0.5, 0.6) is 5.75 Å². The first-order valence-corrected chi connectivity index (χ1v) is 8.91. The van der Waals surface area contributed by atoms with E-state index in [2.05, 4.69) is 15.0 Å². The topological polar surface area (TPSA) is 107 Å². The predicted molar refractivity (Wildman–Crippen MR) is 99.3 cm³/mol. The second-order valence-corrected chi connectivity index (χ2v) is 6.86. The smallest absolute Gasteiger partial charge is 0.295 e. The summed E-state index contributed by atoms with van der Waals surface area (Å²) in [7, 11) is 1.49. The van der Waals surface area contributed by atoms with Gasteiger partial charge in [-0.25, -0.2) is 18.7 Å². The van der Waals surface area contributed by atoms with E-state index in [1.54, 1.807) is 24.4 Å². The SMILES string of the molecule is COc1cccnc1C(O)c1cc2c(N)nc(-c3ccc(C(F)F)o3)nc2s1. The number of aliphatic hydroxyl groups excluding tert-OH is 1. The van der Waals surface area contributed by atoms with E-state index >= 15 is 0 Å². The summed E-state index contributed by atoms with van der Waals surface area (Å²) >= 11 is 1.19. The van der Waals surface area contributed by atoms with E-state index in [-0.39, 0.29) is 17.4 Å². The van der Waals surface area contributed by atoms with Gasteiger partial charge in [0, 0.05) is 11.1 Å². The Labute approximate surface area is 161 Å². The molecule has 1 unspecified atom stereocenters. The van der Waals surface area contributed by atoms with Gasteiger partial charge in [0.2, 0.25) is 0 Å². The van der Waals surface area contributed by atoms with E-state index in [1.807, 2.05) is 0 Å². The number of pyridine rings is 1. The highest BCUT2D eigenvalue weighted by molar-refractivity contribution is 7.18. The van der Waals surface area contributed by atoms with E-state index in [4.69, 9.17) is 14.9 Å². The molecule has 4 rings (SSSR count). The number of fused-ring (bicyclic) bond motifs is 1. The average Bonchev–Trinajstić information content (AvgIpc) is 3.35. The lowest BCUT2D eigenvalue weighted by Crippen LogP contribution is -2.03. The molecule has 28 heavy (non-hydrogen) atoms. The van der Waals surface area contributed by atoms with Crippen LogP contribution in [0, 0.1) is 0 Å². The second kappa shape index (κ2) is 7.13. The summed E-state index contributed by atoms with van der Waals surface area (Å²) in [6, 6.07) is 7.60. The van der Waals surface area contributed by atoms with Crippen molar-refractivity contribution in [3.63, 3.8) is 0 Å². The van der Waals surface area contributed by atoms with Gasteiger partial charge in [0.1, 0.15) is 28.2 Å². The first-order chi connectivity index (χ1) is 13.5. The van der Waals surface area contributed by atoms with Gasteiger partial charge in [0.15, 0.2) is 17.3 Å². The molecule has 0 amide bonds. The largest absolute Gasteiger partial charge is 0.495 e. The lowest BCUT2D eigenvalue weighted by molar-refractivity contribution is 0.122. The molecule has 0 aliphatic rings. The molecule has 0 bridgehead atoms. The zero-order valence-corrected chi connectivity index (χ0v) is 15.3. The van der Waals surface area contributed by atoms with Crippen molar-refractivity contribution in [1.29, 1.82) is 0 Å². The number of nitrogens with zero attached hydrogens (tertiary/aromatic N) is 3. The molecule has 3 N–H and O–H groups in total. The molecule has 0 aliphatic carbocycles. The van der Waals surface area contributed by atoms with Crippen molar-refractivity contribution in [3.05, 3.63) is 52.9 Å². The molecule has 0 fully saturated rings. The number of halogens is 2. The first kappa shape index (κ1) is 18.3. The quantitative estimate of drug-likeness (QED) is 0.518. The molecule has 0 saturated carbocycles. The zero-order chi connectivity index (χ0) is 19.8. The molecule has 4 aromatic rings. The zero-order valence-electron chi connectivity index (χ0n) is 14.5. The average molecular weight is 404 g/mol. The van der Waals surface area contributed by atoms with Crippen LogP contribution in [0.3, 0.4) is 0 Å². The minimum absolute atomic E-state index is 0.0887. The molecule has 0 radical (unpaired) electrons. The van der Waals surface area contributed by atoms with Crippen LogP contribution in [0.1, 0.15) is 28.9 Å². The number of furan rings is 1. The number of thiophene rings is 1. The molecular formula is C18H14F2N4O3S. The van der Waals surface area contributed by atoms with Crippen LogP contribution in [0.4, 0.5) is 14.6 Å². The monoisotopic (exact) mass is 404 g/mol. The predicted octanol–water partition coefficient (Wildman–Crippen LogP) is 3.96. The van der Waals surface area contributed by atoms with Gasteiger partial charge in [-0.1, -0.05) is 0 Å². The molecule has 144 valence electrons. The fourth-order valence-corrected chi connectivity index (χ4v) is 3.74. The maximum absolute atomic E-state index is 12.7. The van der Waals surface area contributed by atoms with Crippen molar-refractivity contribution in [1.82, 2.24) is 15.0 Å². The third kappa shape index (κ3) is 3.16. The molecule has 0 aromatic carbocycles. The summed E-state index contributed by atoms with van der Waals surface area (Å²) in [4.78, 5) is 13.7. The number of ether oxygens (including phenoxy) is 1. The number of rotatable bonds is 5. The van der Waals surface area contributed by atoms with E-state index in [0.29, 0.717) is 26.5 Å². The Kier molecular flexibility index (Phi) is 4.65. The Hall–Kier alpha value is -3.11. The van der Waals surface area contributed by atoms with Crippen molar-refractivity contribution < 1.29 is 23.0 Å². The summed E-state index contributed by atoms with van der Waals surface area (Å²) in [6.45, 7) is 0. The van der Waals surface area contributed by atoms with Crippen LogP contribution in [-0.4, -0.2) is 27.2 Å². The number of methoxy groups -OCH3 is 1. The van der Waals surface area contributed by atoms with Crippen molar-refractivity contribution >= 4 is 27.4 Å². The summed E-state index contributed by atoms with van der Waals surface area (Å²) in [5.74, 6) is 0.308. The van der Waals surface area contributed by atoms with Crippen LogP contribution in [0.2, 0.25) is 0 Å². The van der Waals surface area contributed by atoms with Crippen molar-refractivity contribution in [2.75, 3.05) is 12.8 Å². The van der Waals surface area contributed by atoms with E-state index in [1.165, 1.54) is 30.6 Å². The number of aromatic nitrogens is 3. The van der Waals surface area contributed by atoms with E-state index in [0.717, 1.165) is 0 Å². The van der Waals surface area contributed by atoms with Gasteiger partial charge in [-0.3, -0.25) is 4.98 Å². The fourth-order valence-electron chi connectivity index (χ4n) is 2.71. The highest BCUT2D eigenvalue weighted by atomic mass is 32.1. The lowest BCUT2D eigenvalue weighted by atomic mass is 10.1. The minimum Gasteiger partial charge on any atom is -0.495 e. The Bertz CT molecular complexity index is 1150. The summed E-state index contributed by atoms with van der Waals surface area (Å²) < 4.78 is 35.8. The van der Waals surface area contributed by atoms with Gasteiger partial charge in [-0.2, -0.15) is 0 Å². The minimum atomic E-state index is -2.73. The van der Waals surface area contributed by atoms with Crippen LogP contribution < -0.4 is 10.5 Å². The second-order valence-electron chi connectivity index (χ2n) is 5.80. The van der Waals surface area contributed by atoms with Crippen molar-refractivity contribution in [2.24, 2.45) is 0 Å². The maximum atomic E-state index is 12.7. The van der Waals surface area contributed by atoms with Gasteiger partial charge in [0.25, 0.3) is 6.43 Å². The highest BCUT2D eigenvalue weighted by Gasteiger charge is 2.22. The number of hydrogen-bond acceptors (Lipinski definition) is 8. The Morgan fingerprint density at radius 2 is 2.07 bits per heavy atom. The number of nitrogen functional groups attached to an aromatic ring is 1. The van der Waals surface area contributed by atoms with Gasteiger partial charge in [-0.15, -0.1) is 11.3 Å². The lowest BCUT2D eigenvalue weighted by Gasteiger charge is -2.11. The molecule has 4 aromatic heterocycles. The summed E-state index contributed by atoms with van der Waals surface area (Å²) in [6.07, 6.45) is -2.23. The van der Waals surface area contributed by atoms with Gasteiger partial charge in [0.05, 0.1) is 12.5 Å². The normalized spacial score (nSPS) is 12.6. The number of anilines is 1. The standard InChI is InChI=1S/C18H14F2N4O3S/c1-26-9-3-2-6-22-13(9)14(25)12-7-8-16(21)23-17(24-18(8)28-12)11-5-4-10(27-11)15(19)20/h2-7,14-15,25H,1H3,(H2,21,23,24). The maximum Gasteiger partial charge on any atom is 0.295 e. The highest BCUT2D eigenvalue weighted by Crippen LogP contribution is 2.37. The number of nitrogens with two attached hydrogens (primary N) is 1. The molecule has 0 aliphatic heterocycles. The molecule has 10 heteroatoms. The Balaban J connectivity index is 1.75. The van der Waals surface area contributed by atoms with Crippen molar-refractivity contribution in [2.45, 2.75) is 12.5 Å². The Morgan fingerprint density at radius 3 is 2.79 bits per heavy atom. The Morgan fingerprint density at radius 1 is 1.25 bits per heavy atom. The summed E-state index contributed by atoms with van der Waals surface area (Å²) in [5.41, 5.74) is 6.37. The van der Waals surface area contributed by atoms with Crippen LogP contribution in [0.15, 0.2) is 40.9 Å². The molecule has 7 nitrogen and oxygen atoms in total. The van der Waals surface area contributed by atoms with Gasteiger partial charge >= 0.3 is 0 Å². The number of hydrogen-bond donors (Lipinski definition) is 2. The van der Waals surface area contributed by atoms with E-state index in [9.17, 15) is 13.9 Å². The van der Waals surface area contributed by atoms with Crippen LogP contribution in [-0.2, 0) is 0 Å². The van der Waals surface area contributed by atoms with Gasteiger partial charge in [-0.05, 0) is 30.3 Å². The molecule has 1 atom stereocenters. The van der Waals surface area contributed by atoms with Gasteiger partial charge < -0.3 is 20.0 Å². The summed E-state index contributed by atoms with van der Waals surface area (Å²) in [5, 5.41) is 11.3.